The fraction of sp³-hybridized carbons (Fsp3) is 0.333. The first-order chi connectivity index (χ1) is 8.84. The Labute approximate surface area is 108 Å². The number of nitroso groups, excluding NO2 is 1. The van der Waals surface area contributed by atoms with Gasteiger partial charge in [0.05, 0.1) is 0 Å². The number of aromatic nitrogens is 1. The van der Waals surface area contributed by atoms with Crippen molar-refractivity contribution in [1.82, 2.24) is 4.98 Å². The molecule has 1 heterocycles. The van der Waals surface area contributed by atoms with Gasteiger partial charge in [0.1, 0.15) is 5.69 Å². The van der Waals surface area contributed by atoms with Crippen molar-refractivity contribution in [2.24, 2.45) is 5.18 Å². The smallest absolute Gasteiger partial charge is 0.264 e. The normalized spacial score (nSPS) is 10.8. The second-order valence-electron chi connectivity index (χ2n) is 3.13. The first-order valence-corrected chi connectivity index (χ1v) is 5.45. The van der Waals surface area contributed by atoms with E-state index in [2.05, 4.69) is 10.2 Å². The highest BCUT2D eigenvalue weighted by molar-refractivity contribution is 5.92. The van der Waals surface area contributed by atoms with E-state index in [1.807, 2.05) is 13.8 Å². The van der Waals surface area contributed by atoms with Gasteiger partial charge in [-0.2, -0.15) is 13.2 Å². The van der Waals surface area contributed by atoms with Gasteiger partial charge in [-0.25, -0.2) is 4.98 Å². The van der Waals surface area contributed by atoms with Crippen molar-refractivity contribution in [3.8, 4) is 0 Å². The molecule has 0 radical (unpaired) electrons. The number of alkyl halides is 3. The molecule has 0 aromatic carbocycles. The average molecular weight is 274 g/mol. The van der Waals surface area contributed by atoms with E-state index in [9.17, 15) is 22.9 Å². The van der Waals surface area contributed by atoms with Crippen LogP contribution in [0.3, 0.4) is 0 Å². The Kier molecular flexibility index (Phi) is 6.60. The second-order valence-corrected chi connectivity index (χ2v) is 3.13. The SMILES string of the molecule is CC.Cc1nc(C(F)(F)F)ccc1/C=C/C(=O)N=O. The summed E-state index contributed by atoms with van der Waals surface area (Å²) >= 11 is 0. The first-order valence-electron chi connectivity index (χ1n) is 5.45. The van der Waals surface area contributed by atoms with E-state index in [1.165, 1.54) is 19.1 Å². The van der Waals surface area contributed by atoms with Crippen LogP contribution in [0.4, 0.5) is 13.2 Å². The van der Waals surface area contributed by atoms with Crippen molar-refractivity contribution >= 4 is 12.0 Å². The lowest BCUT2D eigenvalue weighted by molar-refractivity contribution is -0.141. The third kappa shape index (κ3) is 5.41. The average Bonchev–Trinajstić information content (AvgIpc) is 2.38. The molecule has 0 fully saturated rings. The Morgan fingerprint density at radius 3 is 2.32 bits per heavy atom. The largest absolute Gasteiger partial charge is 0.433 e. The Hall–Kier alpha value is -2.05. The second kappa shape index (κ2) is 7.40. The highest BCUT2D eigenvalue weighted by Crippen LogP contribution is 2.28. The molecule has 104 valence electrons. The third-order valence-corrected chi connectivity index (χ3v) is 1.91. The molecule has 0 spiro atoms. The van der Waals surface area contributed by atoms with Crippen molar-refractivity contribution in [3.63, 3.8) is 0 Å². The molecule has 1 amide bonds. The van der Waals surface area contributed by atoms with Gasteiger partial charge in [-0.15, -0.1) is 4.91 Å². The third-order valence-electron chi connectivity index (χ3n) is 1.91. The molecule has 1 aromatic heterocycles. The number of hydrogen-bond donors (Lipinski definition) is 0. The number of rotatable bonds is 2. The van der Waals surface area contributed by atoms with Gasteiger partial charge in [0, 0.05) is 16.9 Å². The maximum atomic E-state index is 12.3. The molecule has 0 aliphatic rings. The molecule has 0 atom stereocenters. The molecule has 0 saturated carbocycles. The molecule has 0 unspecified atom stereocenters. The summed E-state index contributed by atoms with van der Waals surface area (Å²) in [4.78, 5) is 23.7. The number of halogens is 3. The van der Waals surface area contributed by atoms with E-state index < -0.39 is 17.8 Å². The van der Waals surface area contributed by atoms with Crippen molar-refractivity contribution < 1.29 is 18.0 Å². The number of carbonyl (C=O) groups excluding carboxylic acids is 1. The molecular weight excluding hydrogens is 261 g/mol. The molecule has 4 nitrogen and oxygen atoms in total. The van der Waals surface area contributed by atoms with Crippen molar-refractivity contribution in [2.45, 2.75) is 26.9 Å². The van der Waals surface area contributed by atoms with Crippen LogP contribution in [-0.4, -0.2) is 10.9 Å². The molecule has 0 bridgehead atoms. The van der Waals surface area contributed by atoms with Crippen molar-refractivity contribution in [2.75, 3.05) is 0 Å². The number of pyridine rings is 1. The molecule has 0 aliphatic carbocycles. The van der Waals surface area contributed by atoms with E-state index >= 15 is 0 Å². The maximum absolute atomic E-state index is 12.3. The summed E-state index contributed by atoms with van der Waals surface area (Å²) in [5.74, 6) is -1.01. The number of amides is 1. The van der Waals surface area contributed by atoms with Gasteiger partial charge in [0.2, 0.25) is 0 Å². The quantitative estimate of drug-likeness (QED) is 0.609. The number of hydrogen-bond acceptors (Lipinski definition) is 3. The van der Waals surface area contributed by atoms with Crippen molar-refractivity contribution in [3.05, 3.63) is 40.1 Å². The standard InChI is InChI=1S/C10H7F3N2O2.C2H6/c1-6-7(3-5-9(16)15-17)2-4-8(14-6)10(11,12)13;1-2/h2-5H,1H3;1-2H3/b5-3+;. The maximum Gasteiger partial charge on any atom is 0.433 e. The fourth-order valence-electron chi connectivity index (χ4n) is 1.10. The highest BCUT2D eigenvalue weighted by atomic mass is 19.4. The lowest BCUT2D eigenvalue weighted by Gasteiger charge is -2.07. The highest BCUT2D eigenvalue weighted by Gasteiger charge is 2.32. The van der Waals surface area contributed by atoms with Crippen LogP contribution in [0.25, 0.3) is 6.08 Å². The minimum absolute atomic E-state index is 0.106. The number of nitrogens with zero attached hydrogens (tertiary/aromatic N) is 2. The minimum Gasteiger partial charge on any atom is -0.264 e. The molecular formula is C12H13F3N2O2. The van der Waals surface area contributed by atoms with Crippen LogP contribution in [0.2, 0.25) is 0 Å². The van der Waals surface area contributed by atoms with E-state index in [1.54, 1.807) is 0 Å². The van der Waals surface area contributed by atoms with Crippen LogP contribution in [-0.2, 0) is 11.0 Å². The molecule has 0 aliphatic heterocycles. The number of aryl methyl sites for hydroxylation is 1. The molecule has 0 N–H and O–H groups in total. The van der Waals surface area contributed by atoms with Crippen LogP contribution in [0.1, 0.15) is 30.8 Å². The van der Waals surface area contributed by atoms with Crippen LogP contribution < -0.4 is 0 Å². The Bertz CT molecular complexity index is 482. The monoisotopic (exact) mass is 274 g/mol. The zero-order chi connectivity index (χ0) is 15.1. The van der Waals surface area contributed by atoms with E-state index in [-0.39, 0.29) is 5.69 Å². The van der Waals surface area contributed by atoms with Gasteiger partial charge in [-0.3, -0.25) is 4.79 Å². The zero-order valence-corrected chi connectivity index (χ0v) is 10.7. The van der Waals surface area contributed by atoms with Gasteiger partial charge >= 0.3 is 12.1 Å². The minimum atomic E-state index is -4.51. The first kappa shape index (κ1) is 16.9. The number of carbonyl (C=O) groups is 1. The van der Waals surface area contributed by atoms with E-state index in [4.69, 9.17) is 0 Å². The van der Waals surface area contributed by atoms with Gasteiger partial charge in [-0.1, -0.05) is 19.9 Å². The van der Waals surface area contributed by atoms with Gasteiger partial charge in [0.25, 0.3) is 0 Å². The predicted octanol–water partition coefficient (Wildman–Crippen LogP) is 3.74. The fourth-order valence-corrected chi connectivity index (χ4v) is 1.10. The summed E-state index contributed by atoms with van der Waals surface area (Å²) < 4.78 is 36.8. The molecule has 7 heteroatoms. The summed E-state index contributed by atoms with van der Waals surface area (Å²) in [7, 11) is 0. The lowest BCUT2D eigenvalue weighted by Crippen LogP contribution is -2.08. The van der Waals surface area contributed by atoms with Gasteiger partial charge in [0.15, 0.2) is 0 Å². The van der Waals surface area contributed by atoms with E-state index in [0.717, 1.165) is 12.1 Å². The Morgan fingerprint density at radius 1 is 1.32 bits per heavy atom. The summed E-state index contributed by atoms with van der Waals surface area (Å²) in [5.41, 5.74) is -0.586. The topological polar surface area (TPSA) is 59.4 Å². The summed E-state index contributed by atoms with van der Waals surface area (Å²) in [6.45, 7) is 5.37. The van der Waals surface area contributed by atoms with Gasteiger partial charge < -0.3 is 0 Å². The molecule has 1 rings (SSSR count). The lowest BCUT2D eigenvalue weighted by atomic mass is 10.1. The van der Waals surface area contributed by atoms with Crippen LogP contribution >= 0.6 is 0 Å². The van der Waals surface area contributed by atoms with Crippen LogP contribution in [0.15, 0.2) is 23.4 Å². The molecule has 1 aromatic rings. The summed E-state index contributed by atoms with van der Waals surface area (Å²) in [5, 5.41) is 2.11. The van der Waals surface area contributed by atoms with Crippen LogP contribution in [0, 0.1) is 11.8 Å². The summed E-state index contributed by atoms with van der Waals surface area (Å²) in [6.07, 6.45) is -2.45. The Balaban J connectivity index is 0.00000154. The van der Waals surface area contributed by atoms with Gasteiger partial charge in [-0.05, 0) is 24.6 Å². The van der Waals surface area contributed by atoms with Crippen molar-refractivity contribution in [1.29, 1.82) is 0 Å². The summed E-state index contributed by atoms with van der Waals surface area (Å²) in [6, 6.07) is 1.96. The zero-order valence-electron chi connectivity index (χ0n) is 10.7. The Morgan fingerprint density at radius 2 is 1.89 bits per heavy atom. The molecule has 0 saturated heterocycles. The van der Waals surface area contributed by atoms with Crippen LogP contribution in [0.5, 0.6) is 0 Å². The van der Waals surface area contributed by atoms with E-state index in [0.29, 0.717) is 5.56 Å². The predicted molar refractivity (Wildman–Crippen MR) is 65.2 cm³/mol. The molecule has 19 heavy (non-hydrogen) atoms.